The number of carbonyl (C=O) groups is 1. The highest BCUT2D eigenvalue weighted by atomic mass is 32.1. The SMILES string of the molecule is COC(=O)c1ccccc1-n1nc(-c2cccs2)c2c1CCN(C)C2. The second kappa shape index (κ2) is 6.46. The maximum Gasteiger partial charge on any atom is 0.340 e. The third-order valence-electron chi connectivity index (χ3n) is 4.54. The highest BCUT2D eigenvalue weighted by molar-refractivity contribution is 7.13. The number of benzene rings is 1. The summed E-state index contributed by atoms with van der Waals surface area (Å²) in [6.07, 6.45) is 0.902. The van der Waals surface area contributed by atoms with E-state index in [0.717, 1.165) is 35.8 Å². The molecule has 3 heterocycles. The normalized spacial score (nSPS) is 14.3. The topological polar surface area (TPSA) is 47.4 Å². The summed E-state index contributed by atoms with van der Waals surface area (Å²) in [4.78, 5) is 15.7. The largest absolute Gasteiger partial charge is 0.465 e. The number of esters is 1. The Hall–Kier alpha value is -2.44. The predicted octanol–water partition coefficient (Wildman–Crippen LogP) is 3.38. The molecule has 0 atom stereocenters. The zero-order valence-electron chi connectivity index (χ0n) is 14.2. The summed E-state index contributed by atoms with van der Waals surface area (Å²) in [5.74, 6) is -0.342. The lowest BCUT2D eigenvalue weighted by molar-refractivity contribution is 0.0600. The minimum Gasteiger partial charge on any atom is -0.465 e. The maximum atomic E-state index is 12.2. The molecule has 1 aliphatic heterocycles. The quantitative estimate of drug-likeness (QED) is 0.677. The first-order chi connectivity index (χ1) is 12.2. The molecule has 2 aromatic heterocycles. The van der Waals surface area contributed by atoms with Gasteiger partial charge < -0.3 is 9.64 Å². The van der Waals surface area contributed by atoms with Gasteiger partial charge in [-0.15, -0.1) is 11.3 Å². The molecule has 0 radical (unpaired) electrons. The van der Waals surface area contributed by atoms with Gasteiger partial charge in [-0.25, -0.2) is 9.48 Å². The van der Waals surface area contributed by atoms with E-state index in [4.69, 9.17) is 9.84 Å². The Morgan fingerprint density at radius 2 is 2.08 bits per heavy atom. The third-order valence-corrected chi connectivity index (χ3v) is 5.42. The molecular formula is C19H19N3O2S. The zero-order chi connectivity index (χ0) is 17.4. The molecule has 0 N–H and O–H groups in total. The number of methoxy groups -OCH3 is 1. The lowest BCUT2D eigenvalue weighted by Crippen LogP contribution is -2.27. The van der Waals surface area contributed by atoms with E-state index in [1.54, 1.807) is 17.4 Å². The van der Waals surface area contributed by atoms with Crippen molar-refractivity contribution in [1.82, 2.24) is 14.7 Å². The lowest BCUT2D eigenvalue weighted by atomic mass is 10.0. The molecule has 0 bridgehead atoms. The number of nitrogens with zero attached hydrogens (tertiary/aromatic N) is 3. The zero-order valence-corrected chi connectivity index (χ0v) is 15.0. The number of rotatable bonds is 3. The third kappa shape index (κ3) is 2.77. The van der Waals surface area contributed by atoms with Crippen molar-refractivity contribution in [3.63, 3.8) is 0 Å². The van der Waals surface area contributed by atoms with Gasteiger partial charge in [-0.3, -0.25) is 0 Å². The molecule has 0 amide bonds. The standard InChI is InChI=1S/C19H19N3O2S/c1-21-10-9-16-14(12-21)18(17-8-5-11-25-17)20-22(16)15-7-4-3-6-13(15)19(23)24-2/h3-8,11H,9-10,12H2,1-2H3. The predicted molar refractivity (Wildman–Crippen MR) is 98.3 cm³/mol. The maximum absolute atomic E-state index is 12.2. The Morgan fingerprint density at radius 1 is 1.24 bits per heavy atom. The molecule has 3 aromatic rings. The number of aromatic nitrogens is 2. The average molecular weight is 353 g/mol. The van der Waals surface area contributed by atoms with E-state index in [1.807, 2.05) is 28.9 Å². The summed E-state index contributed by atoms with van der Waals surface area (Å²) in [5.41, 5.74) is 4.75. The Bertz CT molecular complexity index is 915. The molecule has 0 fully saturated rings. The number of hydrogen-bond acceptors (Lipinski definition) is 5. The Labute approximate surface area is 150 Å². The van der Waals surface area contributed by atoms with Gasteiger partial charge in [0, 0.05) is 25.1 Å². The number of hydrogen-bond donors (Lipinski definition) is 0. The molecule has 5 nitrogen and oxygen atoms in total. The van der Waals surface area contributed by atoms with Crippen molar-refractivity contribution in [2.75, 3.05) is 20.7 Å². The van der Waals surface area contributed by atoms with Crippen LogP contribution in [0.4, 0.5) is 0 Å². The van der Waals surface area contributed by atoms with E-state index < -0.39 is 0 Å². The van der Waals surface area contributed by atoms with Crippen molar-refractivity contribution in [2.24, 2.45) is 0 Å². The molecular weight excluding hydrogens is 334 g/mol. The van der Waals surface area contributed by atoms with Crippen molar-refractivity contribution >= 4 is 17.3 Å². The molecule has 1 aromatic carbocycles. The van der Waals surface area contributed by atoms with Crippen LogP contribution in [0.15, 0.2) is 41.8 Å². The van der Waals surface area contributed by atoms with Crippen molar-refractivity contribution in [2.45, 2.75) is 13.0 Å². The summed E-state index contributed by atoms with van der Waals surface area (Å²) in [5, 5.41) is 6.97. The molecule has 0 saturated heterocycles. The van der Waals surface area contributed by atoms with Crippen LogP contribution in [0, 0.1) is 0 Å². The molecule has 1 aliphatic rings. The van der Waals surface area contributed by atoms with E-state index in [2.05, 4.69) is 23.4 Å². The van der Waals surface area contributed by atoms with Crippen LogP contribution in [0.2, 0.25) is 0 Å². The molecule has 0 spiro atoms. The van der Waals surface area contributed by atoms with Crippen LogP contribution in [-0.2, 0) is 17.7 Å². The van der Waals surface area contributed by atoms with Crippen molar-refractivity contribution in [1.29, 1.82) is 0 Å². The Balaban J connectivity index is 1.93. The minimum absolute atomic E-state index is 0.342. The summed E-state index contributed by atoms with van der Waals surface area (Å²) in [7, 11) is 3.53. The summed E-state index contributed by atoms with van der Waals surface area (Å²) in [6.45, 7) is 1.84. The Morgan fingerprint density at radius 3 is 2.84 bits per heavy atom. The summed E-state index contributed by atoms with van der Waals surface area (Å²) >= 11 is 1.69. The van der Waals surface area contributed by atoms with Crippen LogP contribution >= 0.6 is 11.3 Å². The number of likely N-dealkylation sites (N-methyl/N-ethyl adjacent to an activating group) is 1. The molecule has 0 aliphatic carbocycles. The monoisotopic (exact) mass is 353 g/mol. The number of ether oxygens (including phenoxy) is 1. The first-order valence-corrected chi connectivity index (χ1v) is 9.08. The molecule has 0 unspecified atom stereocenters. The van der Waals surface area contributed by atoms with Gasteiger partial charge in [0.1, 0.15) is 5.69 Å². The van der Waals surface area contributed by atoms with E-state index in [0.29, 0.717) is 5.56 Å². The van der Waals surface area contributed by atoms with Crippen LogP contribution < -0.4 is 0 Å². The van der Waals surface area contributed by atoms with Crippen molar-refractivity contribution in [3.8, 4) is 16.3 Å². The molecule has 4 rings (SSSR count). The highest BCUT2D eigenvalue weighted by Gasteiger charge is 2.26. The number of carbonyl (C=O) groups excluding carboxylic acids is 1. The summed E-state index contributed by atoms with van der Waals surface area (Å²) < 4.78 is 6.89. The molecule has 0 saturated carbocycles. The van der Waals surface area contributed by atoms with Gasteiger partial charge in [-0.2, -0.15) is 5.10 Å². The van der Waals surface area contributed by atoms with Gasteiger partial charge >= 0.3 is 5.97 Å². The lowest BCUT2D eigenvalue weighted by Gasteiger charge is -2.23. The fraction of sp³-hybridized carbons (Fsp3) is 0.263. The van der Waals surface area contributed by atoms with Crippen LogP contribution in [-0.4, -0.2) is 41.4 Å². The van der Waals surface area contributed by atoms with Gasteiger partial charge in [0.25, 0.3) is 0 Å². The second-order valence-electron chi connectivity index (χ2n) is 6.16. The van der Waals surface area contributed by atoms with Gasteiger partial charge in [-0.1, -0.05) is 18.2 Å². The fourth-order valence-electron chi connectivity index (χ4n) is 3.31. The van der Waals surface area contributed by atoms with Crippen LogP contribution in [0.5, 0.6) is 0 Å². The van der Waals surface area contributed by atoms with Crippen LogP contribution in [0.3, 0.4) is 0 Å². The van der Waals surface area contributed by atoms with E-state index in [-0.39, 0.29) is 5.97 Å². The first kappa shape index (κ1) is 16.1. The highest BCUT2D eigenvalue weighted by Crippen LogP contribution is 2.34. The van der Waals surface area contributed by atoms with E-state index in [9.17, 15) is 4.79 Å². The van der Waals surface area contributed by atoms with Crippen molar-refractivity contribution in [3.05, 3.63) is 58.6 Å². The van der Waals surface area contributed by atoms with E-state index in [1.165, 1.54) is 18.4 Å². The fourth-order valence-corrected chi connectivity index (χ4v) is 4.04. The van der Waals surface area contributed by atoms with E-state index >= 15 is 0 Å². The number of thiophene rings is 1. The minimum atomic E-state index is -0.342. The van der Waals surface area contributed by atoms with Crippen molar-refractivity contribution < 1.29 is 9.53 Å². The summed E-state index contributed by atoms with van der Waals surface area (Å²) in [6, 6.07) is 11.6. The molecule has 25 heavy (non-hydrogen) atoms. The van der Waals surface area contributed by atoms with Gasteiger partial charge in [-0.05, 0) is 30.6 Å². The number of para-hydroxylation sites is 1. The van der Waals surface area contributed by atoms with Gasteiger partial charge in [0.05, 0.1) is 28.9 Å². The molecule has 128 valence electrons. The average Bonchev–Trinajstić information content (AvgIpc) is 3.28. The Kier molecular flexibility index (Phi) is 4.15. The number of fused-ring (bicyclic) bond motifs is 1. The van der Waals surface area contributed by atoms with Gasteiger partial charge in [0.15, 0.2) is 0 Å². The van der Waals surface area contributed by atoms with Crippen LogP contribution in [0.25, 0.3) is 16.3 Å². The second-order valence-corrected chi connectivity index (χ2v) is 7.11. The van der Waals surface area contributed by atoms with Crippen LogP contribution in [0.1, 0.15) is 21.6 Å². The van der Waals surface area contributed by atoms with Gasteiger partial charge in [0.2, 0.25) is 0 Å². The smallest absolute Gasteiger partial charge is 0.340 e. The molecule has 6 heteroatoms. The first-order valence-electron chi connectivity index (χ1n) is 8.20.